The van der Waals surface area contributed by atoms with Crippen molar-refractivity contribution in [2.75, 3.05) is 0 Å². The fraction of sp³-hybridized carbons (Fsp3) is 0.143. The summed E-state index contributed by atoms with van der Waals surface area (Å²) in [5.74, 6) is 0. The van der Waals surface area contributed by atoms with Crippen LogP contribution in [0.2, 0.25) is 0 Å². The highest BCUT2D eigenvalue weighted by molar-refractivity contribution is 5.58. The van der Waals surface area contributed by atoms with E-state index in [1.54, 1.807) is 0 Å². The monoisotopic (exact) mass is 232 g/mol. The molecule has 0 aliphatic carbocycles. The lowest BCUT2D eigenvalue weighted by molar-refractivity contribution is -0.384. The van der Waals surface area contributed by atoms with Crippen LogP contribution in [0.5, 0.6) is 0 Å². The highest BCUT2D eigenvalue weighted by Crippen LogP contribution is 2.36. The third kappa shape index (κ3) is 2.39. The Bertz CT molecular complexity index is 479. The van der Waals surface area contributed by atoms with Crippen LogP contribution >= 0.6 is 0 Å². The van der Waals surface area contributed by atoms with Gasteiger partial charge < -0.3 is 0 Å². The number of nitro groups is 1. The van der Waals surface area contributed by atoms with E-state index in [0.717, 1.165) is 0 Å². The second-order valence-corrected chi connectivity index (χ2v) is 2.65. The van der Waals surface area contributed by atoms with E-state index in [1.807, 2.05) is 0 Å². The zero-order valence-corrected chi connectivity index (χ0v) is 7.47. The molecule has 0 amide bonds. The Morgan fingerprint density at radius 1 is 1.44 bits per heavy atom. The first-order valence-corrected chi connectivity index (χ1v) is 3.77. The molecule has 0 bridgehead atoms. The van der Waals surface area contributed by atoms with Crippen LogP contribution in [0.1, 0.15) is 5.56 Å². The van der Waals surface area contributed by atoms with Gasteiger partial charge in [0.1, 0.15) is 5.69 Å². The first-order chi connectivity index (χ1) is 7.36. The first-order valence-electron chi connectivity index (χ1n) is 3.77. The third-order valence-corrected chi connectivity index (χ3v) is 1.65. The van der Waals surface area contributed by atoms with Crippen LogP contribution in [-0.4, -0.2) is 4.92 Å². The maximum absolute atomic E-state index is 12.2. The molecule has 0 aromatic heterocycles. The highest BCUT2D eigenvalue weighted by atomic mass is 19.4. The normalized spacial score (nSPS) is 10.7. The van der Waals surface area contributed by atoms with Crippen molar-refractivity contribution in [3.05, 3.63) is 44.3 Å². The van der Waals surface area contributed by atoms with E-state index in [9.17, 15) is 23.3 Å². The average molecular weight is 232 g/mol. The summed E-state index contributed by atoms with van der Waals surface area (Å²) in [6.07, 6.45) is -4.64. The van der Waals surface area contributed by atoms with Gasteiger partial charge in [-0.15, -0.1) is 0 Å². The van der Waals surface area contributed by atoms with Crippen LogP contribution in [0.3, 0.4) is 0 Å². The highest BCUT2D eigenvalue weighted by Gasteiger charge is 2.32. The molecule has 0 fully saturated rings. The molecule has 0 aliphatic rings. The van der Waals surface area contributed by atoms with Crippen molar-refractivity contribution in [1.82, 2.24) is 0 Å². The summed E-state index contributed by atoms with van der Waals surface area (Å²) in [7, 11) is 0. The molecular weight excluding hydrogens is 229 g/mol. The van der Waals surface area contributed by atoms with Gasteiger partial charge in [0.2, 0.25) is 0 Å². The number of rotatable bonds is 2. The van der Waals surface area contributed by atoms with Crippen LogP contribution in [-0.2, 0) is 6.18 Å². The largest absolute Gasteiger partial charge is 0.416 e. The Labute approximate surface area is 86.1 Å². The van der Waals surface area contributed by atoms with Crippen molar-refractivity contribution in [3.63, 3.8) is 0 Å². The molecule has 0 aliphatic heterocycles. The summed E-state index contributed by atoms with van der Waals surface area (Å²) < 4.78 is 36.7. The van der Waals surface area contributed by atoms with Crippen molar-refractivity contribution >= 4 is 11.4 Å². The van der Waals surface area contributed by atoms with Crippen LogP contribution in [0, 0.1) is 10.1 Å². The lowest BCUT2D eigenvalue weighted by Gasteiger charge is -2.06. The van der Waals surface area contributed by atoms with Crippen molar-refractivity contribution in [2.45, 2.75) is 6.18 Å². The van der Waals surface area contributed by atoms with Gasteiger partial charge in [-0.1, -0.05) is 5.11 Å². The molecular formula is C7H3F3N4O2. The Hall–Kier alpha value is -2.28. The first kappa shape index (κ1) is 11.8. The standard InChI is InChI=1S/C7H3F3N4O2/c8-7(9,10)4-1-2-6(14(15)16)5(3-4)12-13-11/h1-3H. The van der Waals surface area contributed by atoms with Crippen molar-refractivity contribution in [1.29, 1.82) is 0 Å². The van der Waals surface area contributed by atoms with E-state index in [1.165, 1.54) is 0 Å². The van der Waals surface area contributed by atoms with Gasteiger partial charge in [-0.3, -0.25) is 10.1 Å². The van der Waals surface area contributed by atoms with E-state index >= 15 is 0 Å². The minimum absolute atomic E-state index is 0.428. The minimum Gasteiger partial charge on any atom is -0.258 e. The fourth-order valence-corrected chi connectivity index (χ4v) is 0.982. The number of nitrogens with zero attached hydrogens (tertiary/aromatic N) is 4. The molecule has 9 heteroatoms. The second-order valence-electron chi connectivity index (χ2n) is 2.65. The summed E-state index contributed by atoms with van der Waals surface area (Å²) in [5, 5.41) is 13.2. The van der Waals surface area contributed by atoms with Crippen molar-refractivity contribution in [2.24, 2.45) is 5.11 Å². The molecule has 0 spiro atoms. The van der Waals surface area contributed by atoms with Gasteiger partial charge in [-0.2, -0.15) is 13.2 Å². The molecule has 1 aromatic carbocycles. The molecule has 0 N–H and O–H groups in total. The van der Waals surface area contributed by atoms with Crippen molar-refractivity contribution in [3.8, 4) is 0 Å². The quantitative estimate of drug-likeness (QED) is 0.256. The lowest BCUT2D eigenvalue weighted by Crippen LogP contribution is -2.04. The molecule has 0 radical (unpaired) electrons. The van der Waals surface area contributed by atoms with Crippen molar-refractivity contribution < 1.29 is 18.1 Å². The minimum atomic E-state index is -4.64. The number of nitro benzene ring substituents is 1. The molecule has 1 aromatic rings. The van der Waals surface area contributed by atoms with Gasteiger partial charge in [0.15, 0.2) is 0 Å². The van der Waals surface area contributed by atoms with Gasteiger partial charge in [-0.25, -0.2) is 0 Å². The van der Waals surface area contributed by atoms with Gasteiger partial charge in [-0.05, 0) is 17.7 Å². The summed E-state index contributed by atoms with van der Waals surface area (Å²) in [4.78, 5) is 11.7. The van der Waals surface area contributed by atoms with E-state index in [2.05, 4.69) is 10.0 Å². The van der Waals surface area contributed by atoms with Gasteiger partial charge in [0, 0.05) is 11.0 Å². The summed E-state index contributed by atoms with van der Waals surface area (Å²) in [5.41, 5.74) is 5.62. The summed E-state index contributed by atoms with van der Waals surface area (Å²) >= 11 is 0. The van der Waals surface area contributed by atoms with Gasteiger partial charge >= 0.3 is 6.18 Å². The Morgan fingerprint density at radius 2 is 2.06 bits per heavy atom. The maximum atomic E-state index is 12.2. The molecule has 16 heavy (non-hydrogen) atoms. The van der Waals surface area contributed by atoms with Gasteiger partial charge in [0.05, 0.1) is 10.5 Å². The molecule has 0 atom stereocenters. The van der Waals surface area contributed by atoms with E-state index in [0.29, 0.717) is 18.2 Å². The number of hydrogen-bond acceptors (Lipinski definition) is 3. The number of halogens is 3. The molecule has 0 saturated carbocycles. The van der Waals surface area contributed by atoms with Crippen LogP contribution < -0.4 is 0 Å². The van der Waals surface area contributed by atoms with Crippen LogP contribution in [0.25, 0.3) is 10.4 Å². The Balaban J connectivity index is 3.39. The van der Waals surface area contributed by atoms with Crippen LogP contribution in [0.15, 0.2) is 23.3 Å². The average Bonchev–Trinajstić information content (AvgIpc) is 2.16. The van der Waals surface area contributed by atoms with Crippen LogP contribution in [0.4, 0.5) is 24.5 Å². The lowest BCUT2D eigenvalue weighted by atomic mass is 10.1. The molecule has 0 unspecified atom stereocenters. The van der Waals surface area contributed by atoms with E-state index in [-0.39, 0.29) is 0 Å². The number of benzene rings is 1. The Kier molecular flexibility index (Phi) is 3.00. The van der Waals surface area contributed by atoms with E-state index in [4.69, 9.17) is 5.53 Å². The smallest absolute Gasteiger partial charge is 0.258 e. The topological polar surface area (TPSA) is 91.9 Å². The Morgan fingerprint density at radius 3 is 2.50 bits per heavy atom. The third-order valence-electron chi connectivity index (χ3n) is 1.65. The molecule has 6 nitrogen and oxygen atoms in total. The number of alkyl halides is 3. The van der Waals surface area contributed by atoms with Gasteiger partial charge in [0.25, 0.3) is 5.69 Å². The predicted octanol–water partition coefficient (Wildman–Crippen LogP) is 3.56. The maximum Gasteiger partial charge on any atom is 0.416 e. The molecule has 1 rings (SSSR count). The fourth-order valence-electron chi connectivity index (χ4n) is 0.982. The second kappa shape index (κ2) is 4.07. The molecule has 0 saturated heterocycles. The van der Waals surface area contributed by atoms with E-state index < -0.39 is 28.0 Å². The molecule has 0 heterocycles. The SMILES string of the molecule is [N-]=[N+]=Nc1cc(C(F)(F)F)ccc1[N+](=O)[O-]. The molecule has 84 valence electrons. The zero-order chi connectivity index (χ0) is 12.3. The zero-order valence-electron chi connectivity index (χ0n) is 7.47. The predicted molar refractivity (Wildman–Crippen MR) is 46.9 cm³/mol. The summed E-state index contributed by atoms with van der Waals surface area (Å²) in [6, 6.07) is 1.62. The summed E-state index contributed by atoms with van der Waals surface area (Å²) in [6.45, 7) is 0. The number of hydrogen-bond donors (Lipinski definition) is 0. The number of azide groups is 1.